The number of hydrogen-bond acceptors (Lipinski definition) is 3. The third-order valence-corrected chi connectivity index (χ3v) is 4.37. The first kappa shape index (κ1) is 18.7. The third-order valence-electron chi connectivity index (χ3n) is 4.37. The zero-order valence-electron chi connectivity index (χ0n) is 14.9. The van der Waals surface area contributed by atoms with Crippen molar-refractivity contribution in [1.82, 2.24) is 15.5 Å². The van der Waals surface area contributed by atoms with Gasteiger partial charge in [0.2, 0.25) is 0 Å². The normalized spacial score (nSPS) is 15.2. The van der Waals surface area contributed by atoms with Gasteiger partial charge in [-0.05, 0) is 17.5 Å². The Bertz CT molecular complexity index is 487. The predicted molar refractivity (Wildman–Crippen MR) is 96.9 cm³/mol. The summed E-state index contributed by atoms with van der Waals surface area (Å²) in [5.41, 5.74) is 2.47. The van der Waals surface area contributed by atoms with Crippen LogP contribution in [0.15, 0.2) is 24.3 Å². The van der Waals surface area contributed by atoms with Crippen LogP contribution in [0.5, 0.6) is 0 Å². The van der Waals surface area contributed by atoms with Gasteiger partial charge in [0.1, 0.15) is 0 Å². The van der Waals surface area contributed by atoms with E-state index >= 15 is 0 Å². The van der Waals surface area contributed by atoms with Gasteiger partial charge in [0.15, 0.2) is 0 Å². The summed E-state index contributed by atoms with van der Waals surface area (Å²) >= 11 is 0. The minimum Gasteiger partial charge on any atom is -0.379 e. The fourth-order valence-electron chi connectivity index (χ4n) is 2.88. The maximum absolute atomic E-state index is 11.9. The maximum Gasteiger partial charge on any atom is 0.315 e. The Labute approximate surface area is 145 Å². The van der Waals surface area contributed by atoms with Gasteiger partial charge in [-0.15, -0.1) is 0 Å². The van der Waals surface area contributed by atoms with E-state index in [2.05, 4.69) is 40.7 Å². The minimum atomic E-state index is -0.0762. The molecule has 1 aromatic rings. The zero-order chi connectivity index (χ0) is 17.0. The van der Waals surface area contributed by atoms with Crippen LogP contribution in [-0.2, 0) is 17.8 Å². The lowest BCUT2D eigenvalue weighted by atomic mass is 10.1. The summed E-state index contributed by atoms with van der Waals surface area (Å²) in [6.45, 7) is 7.98. The molecule has 1 heterocycles. The minimum absolute atomic E-state index is 0.0762. The van der Waals surface area contributed by atoms with Crippen LogP contribution in [0.25, 0.3) is 0 Å². The van der Waals surface area contributed by atoms with Gasteiger partial charge in [-0.2, -0.15) is 0 Å². The highest BCUT2D eigenvalue weighted by Gasteiger charge is 2.12. The van der Waals surface area contributed by atoms with Crippen LogP contribution in [-0.4, -0.2) is 43.8 Å². The van der Waals surface area contributed by atoms with E-state index < -0.39 is 0 Å². The molecule has 1 aromatic carbocycles. The molecular weight excluding hydrogens is 302 g/mol. The number of ether oxygens (including phenoxy) is 1. The molecular formula is C19H31N3O2. The summed E-state index contributed by atoms with van der Waals surface area (Å²) in [4.78, 5) is 14.3. The van der Waals surface area contributed by atoms with Gasteiger partial charge in [0.25, 0.3) is 0 Å². The number of morpholine rings is 1. The third kappa shape index (κ3) is 6.89. The van der Waals surface area contributed by atoms with Crippen LogP contribution < -0.4 is 10.6 Å². The van der Waals surface area contributed by atoms with Crippen LogP contribution in [0, 0.1) is 0 Å². The standard InChI is InChI=1S/C19H31N3O2/c1-2-3-4-7-10-20-19(23)21-15-17-8-5-6-9-18(17)16-22-11-13-24-14-12-22/h5-6,8-9H,2-4,7,10-16H2,1H3,(H2,20,21,23). The quantitative estimate of drug-likeness (QED) is 0.683. The lowest BCUT2D eigenvalue weighted by molar-refractivity contribution is 0.0341. The van der Waals surface area contributed by atoms with Gasteiger partial charge in [0.05, 0.1) is 13.2 Å². The van der Waals surface area contributed by atoms with E-state index in [0.717, 1.165) is 45.8 Å². The molecule has 5 heteroatoms. The second-order valence-corrected chi connectivity index (χ2v) is 6.33. The lowest BCUT2D eigenvalue weighted by Gasteiger charge is -2.27. The number of benzene rings is 1. The van der Waals surface area contributed by atoms with Crippen LogP contribution >= 0.6 is 0 Å². The van der Waals surface area contributed by atoms with Gasteiger partial charge >= 0.3 is 6.03 Å². The first-order valence-corrected chi connectivity index (χ1v) is 9.18. The molecule has 1 saturated heterocycles. The van der Waals surface area contributed by atoms with Crippen molar-refractivity contribution in [3.63, 3.8) is 0 Å². The summed E-state index contributed by atoms with van der Waals surface area (Å²) < 4.78 is 5.40. The van der Waals surface area contributed by atoms with E-state index in [-0.39, 0.29) is 6.03 Å². The molecule has 0 aromatic heterocycles. The van der Waals surface area contributed by atoms with Crippen molar-refractivity contribution < 1.29 is 9.53 Å². The number of urea groups is 1. The van der Waals surface area contributed by atoms with E-state index in [4.69, 9.17) is 4.74 Å². The Morgan fingerprint density at radius 2 is 1.83 bits per heavy atom. The summed E-state index contributed by atoms with van der Waals surface area (Å²) in [6, 6.07) is 8.26. The molecule has 1 aliphatic heterocycles. The van der Waals surface area contributed by atoms with Crippen molar-refractivity contribution >= 4 is 6.03 Å². The van der Waals surface area contributed by atoms with Crippen LogP contribution in [0.4, 0.5) is 4.79 Å². The first-order chi connectivity index (χ1) is 11.8. The van der Waals surface area contributed by atoms with Crippen LogP contribution in [0.1, 0.15) is 43.7 Å². The molecule has 0 bridgehead atoms. The number of nitrogens with one attached hydrogen (secondary N) is 2. The second-order valence-electron chi connectivity index (χ2n) is 6.33. The molecule has 134 valence electrons. The molecule has 2 N–H and O–H groups in total. The van der Waals surface area contributed by atoms with E-state index in [1.165, 1.54) is 30.4 Å². The summed E-state index contributed by atoms with van der Waals surface area (Å²) in [5, 5.41) is 5.91. The molecule has 2 amide bonds. The Kier molecular flexibility index (Phi) is 8.63. The number of amides is 2. The molecule has 0 saturated carbocycles. The first-order valence-electron chi connectivity index (χ1n) is 9.18. The largest absolute Gasteiger partial charge is 0.379 e. The van der Waals surface area contributed by atoms with Crippen molar-refractivity contribution in [2.45, 2.75) is 45.7 Å². The number of hydrogen-bond donors (Lipinski definition) is 2. The number of rotatable bonds is 9. The zero-order valence-corrected chi connectivity index (χ0v) is 14.9. The molecule has 1 aliphatic rings. The Morgan fingerprint density at radius 1 is 1.08 bits per heavy atom. The fourth-order valence-corrected chi connectivity index (χ4v) is 2.88. The number of nitrogens with zero attached hydrogens (tertiary/aromatic N) is 1. The summed E-state index contributed by atoms with van der Waals surface area (Å²) in [7, 11) is 0. The second kappa shape index (κ2) is 11.0. The Morgan fingerprint density at radius 3 is 2.58 bits per heavy atom. The van der Waals surface area contributed by atoms with E-state index in [1.54, 1.807) is 0 Å². The molecule has 2 rings (SSSR count). The monoisotopic (exact) mass is 333 g/mol. The van der Waals surface area contributed by atoms with E-state index in [9.17, 15) is 4.79 Å². The Balaban J connectivity index is 1.74. The van der Waals surface area contributed by atoms with Crippen LogP contribution in [0.3, 0.4) is 0 Å². The van der Waals surface area contributed by atoms with Crippen LogP contribution in [0.2, 0.25) is 0 Å². The highest BCUT2D eigenvalue weighted by Crippen LogP contribution is 2.13. The maximum atomic E-state index is 11.9. The number of carbonyl (C=O) groups excluding carboxylic acids is 1. The molecule has 0 radical (unpaired) electrons. The fraction of sp³-hybridized carbons (Fsp3) is 0.632. The van der Waals surface area contributed by atoms with Gasteiger partial charge < -0.3 is 15.4 Å². The molecule has 5 nitrogen and oxygen atoms in total. The van der Waals surface area contributed by atoms with Crippen molar-refractivity contribution in [3.8, 4) is 0 Å². The highest BCUT2D eigenvalue weighted by atomic mass is 16.5. The summed E-state index contributed by atoms with van der Waals surface area (Å²) in [6.07, 6.45) is 4.68. The van der Waals surface area contributed by atoms with Gasteiger partial charge in [-0.25, -0.2) is 4.79 Å². The number of carbonyl (C=O) groups is 1. The average molecular weight is 333 g/mol. The predicted octanol–water partition coefficient (Wildman–Crippen LogP) is 2.90. The van der Waals surface area contributed by atoms with Gasteiger partial charge in [-0.3, -0.25) is 4.90 Å². The molecule has 0 spiro atoms. The smallest absolute Gasteiger partial charge is 0.315 e. The molecule has 24 heavy (non-hydrogen) atoms. The highest BCUT2D eigenvalue weighted by molar-refractivity contribution is 5.73. The Hall–Kier alpha value is -1.59. The van der Waals surface area contributed by atoms with Crippen molar-refractivity contribution in [2.75, 3.05) is 32.8 Å². The molecule has 1 fully saturated rings. The van der Waals surface area contributed by atoms with E-state index in [0.29, 0.717) is 6.54 Å². The molecule has 0 aliphatic carbocycles. The van der Waals surface area contributed by atoms with Gasteiger partial charge in [0, 0.05) is 32.7 Å². The van der Waals surface area contributed by atoms with Crippen molar-refractivity contribution in [2.24, 2.45) is 0 Å². The SMILES string of the molecule is CCCCCCNC(=O)NCc1ccccc1CN1CCOCC1. The average Bonchev–Trinajstić information content (AvgIpc) is 2.62. The van der Waals surface area contributed by atoms with Gasteiger partial charge in [-0.1, -0.05) is 50.5 Å². The van der Waals surface area contributed by atoms with Crippen molar-refractivity contribution in [3.05, 3.63) is 35.4 Å². The lowest BCUT2D eigenvalue weighted by Crippen LogP contribution is -2.37. The summed E-state index contributed by atoms with van der Waals surface area (Å²) in [5.74, 6) is 0. The molecule has 0 atom stereocenters. The topological polar surface area (TPSA) is 53.6 Å². The number of unbranched alkanes of at least 4 members (excludes halogenated alkanes) is 3. The van der Waals surface area contributed by atoms with E-state index in [1.807, 2.05) is 6.07 Å². The molecule has 0 unspecified atom stereocenters. The van der Waals surface area contributed by atoms with Crippen molar-refractivity contribution in [1.29, 1.82) is 0 Å².